The first kappa shape index (κ1) is 20.0. The lowest BCUT2D eigenvalue weighted by Gasteiger charge is -2.44. The number of carboxylic acids is 1. The van der Waals surface area contributed by atoms with E-state index in [4.69, 9.17) is 4.74 Å². The van der Waals surface area contributed by atoms with Gasteiger partial charge in [-0.05, 0) is 84.4 Å². The van der Waals surface area contributed by atoms with Crippen LogP contribution < -0.4 is 10.1 Å². The van der Waals surface area contributed by atoms with Gasteiger partial charge in [-0.2, -0.15) is 0 Å². The summed E-state index contributed by atoms with van der Waals surface area (Å²) in [4.78, 5) is 24.3. The Hall–Kier alpha value is -3.60. The standard InChI is InChI=1S/C28H25NO4/c30-27(31)22-8-4-7-21-23-18-9-10-19(15-18)24(23)25(29-26(21)22)16-11-13-20(14-12-16)33-28(32)17-5-2-1-3-6-17/h1-8,11-14,18-19,23-25,29H,9-10,15H2,(H,30,31)/t18-,19-,23-,24-,25-/m0/s1. The Balaban J connectivity index is 1.32. The van der Waals surface area contributed by atoms with E-state index in [1.54, 1.807) is 18.2 Å². The molecule has 2 N–H and O–H groups in total. The maximum absolute atomic E-state index is 12.4. The highest BCUT2D eigenvalue weighted by molar-refractivity contribution is 5.95. The molecule has 3 aromatic carbocycles. The number of hydrogen-bond donors (Lipinski definition) is 2. The van der Waals surface area contributed by atoms with E-state index in [0.29, 0.717) is 40.5 Å². The van der Waals surface area contributed by atoms with Crippen LogP contribution in [0.15, 0.2) is 72.8 Å². The van der Waals surface area contributed by atoms with Crippen LogP contribution in [0.2, 0.25) is 0 Å². The maximum atomic E-state index is 12.4. The number of rotatable bonds is 4. The van der Waals surface area contributed by atoms with Crippen molar-refractivity contribution < 1.29 is 19.4 Å². The fourth-order valence-corrected chi connectivity index (χ4v) is 6.50. The molecule has 0 radical (unpaired) electrons. The number of benzene rings is 3. The van der Waals surface area contributed by atoms with Crippen molar-refractivity contribution in [3.63, 3.8) is 0 Å². The second-order valence-corrected chi connectivity index (χ2v) is 9.46. The predicted molar refractivity (Wildman–Crippen MR) is 125 cm³/mol. The van der Waals surface area contributed by atoms with Crippen LogP contribution in [0.4, 0.5) is 5.69 Å². The fourth-order valence-electron chi connectivity index (χ4n) is 6.50. The number of para-hydroxylation sites is 1. The van der Waals surface area contributed by atoms with Gasteiger partial charge >= 0.3 is 11.9 Å². The van der Waals surface area contributed by atoms with E-state index < -0.39 is 5.97 Å². The largest absolute Gasteiger partial charge is 0.478 e. The van der Waals surface area contributed by atoms with Gasteiger partial charge in [0.1, 0.15) is 5.75 Å². The Morgan fingerprint density at radius 1 is 0.879 bits per heavy atom. The highest BCUT2D eigenvalue weighted by atomic mass is 16.5. The number of carboxylic acid groups (broad SMARTS) is 1. The summed E-state index contributed by atoms with van der Waals surface area (Å²) in [5.74, 6) is 1.32. The SMILES string of the molecule is O=C(Oc1ccc([C@@H]2Nc3c(C(=O)O)cccc3[C@@H]3[C@H]4CC[C@@H](C4)[C@@H]32)cc1)c1ccccc1. The lowest BCUT2D eigenvalue weighted by molar-refractivity contribution is 0.0694. The molecule has 1 heterocycles. The lowest BCUT2D eigenvalue weighted by Crippen LogP contribution is -2.36. The number of esters is 1. The summed E-state index contributed by atoms with van der Waals surface area (Å²) >= 11 is 0. The molecular formula is C28H25NO4. The molecule has 5 heteroatoms. The van der Waals surface area contributed by atoms with Gasteiger partial charge in [-0.25, -0.2) is 9.59 Å². The van der Waals surface area contributed by atoms with E-state index in [1.165, 1.54) is 19.3 Å². The monoisotopic (exact) mass is 439 g/mol. The zero-order valence-corrected chi connectivity index (χ0v) is 18.1. The first-order valence-electron chi connectivity index (χ1n) is 11.6. The average Bonchev–Trinajstić information content (AvgIpc) is 3.47. The van der Waals surface area contributed by atoms with Crippen LogP contribution in [0.5, 0.6) is 5.75 Å². The summed E-state index contributed by atoms with van der Waals surface area (Å²) < 4.78 is 5.55. The number of carbonyl (C=O) groups is 2. The molecule has 0 aromatic heterocycles. The molecule has 2 bridgehead atoms. The van der Waals surface area contributed by atoms with Crippen molar-refractivity contribution >= 4 is 17.6 Å². The third-order valence-corrected chi connectivity index (χ3v) is 7.81. The first-order valence-corrected chi connectivity index (χ1v) is 11.6. The number of hydrogen-bond acceptors (Lipinski definition) is 4. The number of fused-ring (bicyclic) bond motifs is 7. The van der Waals surface area contributed by atoms with E-state index in [0.717, 1.165) is 16.8 Å². The van der Waals surface area contributed by atoms with Crippen molar-refractivity contribution in [1.82, 2.24) is 0 Å². The summed E-state index contributed by atoms with van der Waals surface area (Å²) in [5.41, 5.74) is 3.88. The van der Waals surface area contributed by atoms with Gasteiger partial charge in [-0.3, -0.25) is 0 Å². The molecule has 0 spiro atoms. The molecular weight excluding hydrogens is 414 g/mol. The van der Waals surface area contributed by atoms with Crippen LogP contribution in [-0.2, 0) is 0 Å². The second kappa shape index (κ2) is 7.77. The van der Waals surface area contributed by atoms with Crippen molar-refractivity contribution in [3.8, 4) is 5.75 Å². The van der Waals surface area contributed by atoms with Crippen LogP contribution in [0.25, 0.3) is 0 Å². The van der Waals surface area contributed by atoms with Gasteiger partial charge in [0, 0.05) is 0 Å². The highest BCUT2D eigenvalue weighted by Gasteiger charge is 2.54. The van der Waals surface area contributed by atoms with E-state index in [-0.39, 0.29) is 12.0 Å². The number of ether oxygens (including phenoxy) is 1. The zero-order chi connectivity index (χ0) is 22.5. The van der Waals surface area contributed by atoms with E-state index in [9.17, 15) is 14.7 Å². The van der Waals surface area contributed by atoms with E-state index >= 15 is 0 Å². The Kier molecular flexibility index (Phi) is 4.72. The van der Waals surface area contributed by atoms with Crippen molar-refractivity contribution in [2.24, 2.45) is 17.8 Å². The molecule has 3 aromatic rings. The Morgan fingerprint density at radius 2 is 1.64 bits per heavy atom. The molecule has 2 saturated carbocycles. The van der Waals surface area contributed by atoms with Gasteiger partial charge in [0.2, 0.25) is 0 Å². The second-order valence-electron chi connectivity index (χ2n) is 9.46. The summed E-state index contributed by atoms with van der Waals surface area (Å²) in [7, 11) is 0. The maximum Gasteiger partial charge on any atom is 0.343 e. The number of anilines is 1. The van der Waals surface area contributed by atoms with Crippen molar-refractivity contribution in [2.75, 3.05) is 5.32 Å². The van der Waals surface area contributed by atoms with Gasteiger partial charge in [-0.15, -0.1) is 0 Å². The molecule has 5 nitrogen and oxygen atoms in total. The summed E-state index contributed by atoms with van der Waals surface area (Å²) in [6.07, 6.45) is 3.69. The third-order valence-electron chi connectivity index (χ3n) is 7.81. The zero-order valence-electron chi connectivity index (χ0n) is 18.1. The quantitative estimate of drug-likeness (QED) is 0.391. The fraction of sp³-hybridized carbons (Fsp3) is 0.286. The normalized spacial score (nSPS) is 26.7. The summed E-state index contributed by atoms with van der Waals surface area (Å²) in [6.45, 7) is 0. The molecule has 5 atom stereocenters. The third kappa shape index (κ3) is 3.30. The Bertz CT molecular complexity index is 1220. The molecule has 1 aliphatic heterocycles. The topological polar surface area (TPSA) is 75.6 Å². The molecule has 6 rings (SSSR count). The van der Waals surface area contributed by atoms with E-state index in [1.807, 2.05) is 48.5 Å². The molecule has 2 fully saturated rings. The van der Waals surface area contributed by atoms with Crippen LogP contribution in [0, 0.1) is 17.8 Å². The average molecular weight is 440 g/mol. The minimum atomic E-state index is -0.900. The van der Waals surface area contributed by atoms with Gasteiger partial charge in [0.05, 0.1) is 22.9 Å². The highest BCUT2D eigenvalue weighted by Crippen LogP contribution is 2.64. The molecule has 3 aliphatic rings. The van der Waals surface area contributed by atoms with Crippen molar-refractivity contribution in [2.45, 2.75) is 31.2 Å². The molecule has 0 amide bonds. The van der Waals surface area contributed by atoms with Crippen molar-refractivity contribution in [3.05, 3.63) is 95.1 Å². The lowest BCUT2D eigenvalue weighted by atomic mass is 9.67. The minimum absolute atomic E-state index is 0.0391. The van der Waals surface area contributed by atoms with Crippen LogP contribution in [-0.4, -0.2) is 17.0 Å². The molecule has 0 unspecified atom stereocenters. The van der Waals surface area contributed by atoms with Gasteiger partial charge < -0.3 is 15.2 Å². The Labute approximate surface area is 192 Å². The molecule has 0 saturated heterocycles. The molecule has 2 aliphatic carbocycles. The molecule has 166 valence electrons. The summed E-state index contributed by atoms with van der Waals surface area (Å²) in [5, 5.41) is 13.4. The smallest absolute Gasteiger partial charge is 0.343 e. The van der Waals surface area contributed by atoms with Crippen LogP contribution in [0.3, 0.4) is 0 Å². The van der Waals surface area contributed by atoms with Crippen molar-refractivity contribution in [1.29, 1.82) is 0 Å². The number of aromatic carboxylic acids is 1. The molecule has 33 heavy (non-hydrogen) atoms. The van der Waals surface area contributed by atoms with Crippen LogP contribution in [0.1, 0.15) is 63.1 Å². The summed E-state index contributed by atoms with van der Waals surface area (Å²) in [6, 6.07) is 22.3. The number of nitrogens with one attached hydrogen (secondary N) is 1. The first-order chi connectivity index (χ1) is 16.1. The Morgan fingerprint density at radius 3 is 2.39 bits per heavy atom. The van der Waals surface area contributed by atoms with Gasteiger partial charge in [0.15, 0.2) is 0 Å². The van der Waals surface area contributed by atoms with E-state index in [2.05, 4.69) is 11.4 Å². The van der Waals surface area contributed by atoms with Crippen LogP contribution >= 0.6 is 0 Å². The number of carbonyl (C=O) groups excluding carboxylic acids is 1. The predicted octanol–water partition coefficient (Wildman–Crippen LogP) is 5.90. The van der Waals surface area contributed by atoms with Gasteiger partial charge in [-0.1, -0.05) is 42.5 Å². The minimum Gasteiger partial charge on any atom is -0.478 e. The van der Waals surface area contributed by atoms with Gasteiger partial charge in [0.25, 0.3) is 0 Å².